The van der Waals surface area contributed by atoms with E-state index < -0.39 is 5.60 Å². The first kappa shape index (κ1) is 18.5. The number of ether oxygens (including phenoxy) is 1. The largest absolute Gasteiger partial charge is 0.453 e. The Hall–Kier alpha value is -2.84. The van der Waals surface area contributed by atoms with Gasteiger partial charge in [-0.3, -0.25) is 0 Å². The average Bonchev–Trinajstić information content (AvgIpc) is 2.51. The van der Waals surface area contributed by atoms with E-state index in [-0.39, 0.29) is 23.1 Å². The third-order valence-electron chi connectivity index (χ3n) is 3.51. The number of aromatic nitrogens is 1. The van der Waals surface area contributed by atoms with Gasteiger partial charge < -0.3 is 15.6 Å². The molecule has 0 aliphatic heterocycles. The van der Waals surface area contributed by atoms with Crippen LogP contribution in [0.25, 0.3) is 5.76 Å². The summed E-state index contributed by atoms with van der Waals surface area (Å²) in [6.45, 7) is 10.6. The summed E-state index contributed by atoms with van der Waals surface area (Å²) in [5.74, 6) is 5.89. The van der Waals surface area contributed by atoms with Crippen molar-refractivity contribution in [2.24, 2.45) is 0 Å². The van der Waals surface area contributed by atoms with Crippen molar-refractivity contribution in [3.05, 3.63) is 59.0 Å². The smallest absolute Gasteiger partial charge is 0.170 e. The van der Waals surface area contributed by atoms with Crippen LogP contribution in [0.2, 0.25) is 0 Å². The van der Waals surface area contributed by atoms with Gasteiger partial charge in [0.1, 0.15) is 17.2 Å². The summed E-state index contributed by atoms with van der Waals surface area (Å²) in [5.41, 5.74) is 7.15. The monoisotopic (exact) mass is 340 g/mol. The van der Waals surface area contributed by atoms with Crippen LogP contribution in [-0.4, -0.2) is 15.7 Å². The number of halogens is 1. The zero-order valence-electron chi connectivity index (χ0n) is 14.8. The molecule has 0 saturated heterocycles. The van der Waals surface area contributed by atoms with Gasteiger partial charge in [0.25, 0.3) is 0 Å². The second-order valence-corrected chi connectivity index (χ2v) is 6.31. The normalized spacial score (nSPS) is 10.8. The van der Waals surface area contributed by atoms with Gasteiger partial charge in [0.2, 0.25) is 0 Å². The summed E-state index contributed by atoms with van der Waals surface area (Å²) in [4.78, 5) is 4.04. The Morgan fingerprint density at radius 3 is 2.68 bits per heavy atom. The highest BCUT2D eigenvalue weighted by Gasteiger charge is 2.14. The van der Waals surface area contributed by atoms with E-state index in [1.165, 1.54) is 12.3 Å². The number of nitrogen functional groups attached to an aromatic ring is 1. The van der Waals surface area contributed by atoms with Crippen molar-refractivity contribution < 1.29 is 14.2 Å². The van der Waals surface area contributed by atoms with Gasteiger partial charge in [-0.15, -0.1) is 0 Å². The molecule has 25 heavy (non-hydrogen) atoms. The summed E-state index contributed by atoms with van der Waals surface area (Å²) in [5, 5.41) is 9.68. The molecule has 1 aromatic heterocycles. The van der Waals surface area contributed by atoms with Crippen LogP contribution in [0.5, 0.6) is 5.75 Å². The Kier molecular flexibility index (Phi) is 5.15. The fourth-order valence-electron chi connectivity index (χ4n) is 2.26. The SMILES string of the molecule is C=C(Oc1cc(C#CC(C)(C)O)cnc1N)c1c(C)ccc(F)c1C. The molecule has 0 bridgehead atoms. The lowest BCUT2D eigenvalue weighted by molar-refractivity contribution is 0.143. The fourth-order valence-corrected chi connectivity index (χ4v) is 2.26. The molecule has 0 radical (unpaired) electrons. The molecule has 1 aromatic carbocycles. The van der Waals surface area contributed by atoms with Crippen LogP contribution in [0.15, 0.2) is 31.0 Å². The van der Waals surface area contributed by atoms with Crippen LogP contribution in [0.3, 0.4) is 0 Å². The van der Waals surface area contributed by atoms with Crippen molar-refractivity contribution in [2.45, 2.75) is 33.3 Å². The summed E-state index contributed by atoms with van der Waals surface area (Å²) in [6.07, 6.45) is 1.49. The van der Waals surface area contributed by atoms with E-state index in [0.717, 1.165) is 5.56 Å². The van der Waals surface area contributed by atoms with Gasteiger partial charge in [-0.25, -0.2) is 9.37 Å². The van der Waals surface area contributed by atoms with Gasteiger partial charge >= 0.3 is 0 Å². The lowest BCUT2D eigenvalue weighted by Gasteiger charge is -2.15. The number of rotatable bonds is 3. The minimum atomic E-state index is -1.12. The maximum absolute atomic E-state index is 13.8. The summed E-state index contributed by atoms with van der Waals surface area (Å²) in [6, 6.07) is 4.68. The van der Waals surface area contributed by atoms with E-state index in [1.807, 2.05) is 6.92 Å². The molecule has 0 saturated carbocycles. The van der Waals surface area contributed by atoms with Gasteiger partial charge in [0, 0.05) is 23.4 Å². The number of pyridine rings is 1. The summed E-state index contributed by atoms with van der Waals surface area (Å²) >= 11 is 0. The van der Waals surface area contributed by atoms with Gasteiger partial charge in [0.05, 0.1) is 0 Å². The molecule has 130 valence electrons. The topological polar surface area (TPSA) is 68.4 Å². The van der Waals surface area contributed by atoms with Crippen molar-refractivity contribution in [1.82, 2.24) is 4.98 Å². The van der Waals surface area contributed by atoms with Crippen molar-refractivity contribution in [3.63, 3.8) is 0 Å². The molecule has 0 amide bonds. The van der Waals surface area contributed by atoms with Gasteiger partial charge in [-0.05, 0) is 44.9 Å². The zero-order chi connectivity index (χ0) is 18.8. The van der Waals surface area contributed by atoms with E-state index in [1.54, 1.807) is 32.9 Å². The van der Waals surface area contributed by atoms with Crippen LogP contribution in [0, 0.1) is 31.5 Å². The lowest BCUT2D eigenvalue weighted by Crippen LogP contribution is -2.14. The highest BCUT2D eigenvalue weighted by atomic mass is 19.1. The molecule has 0 aliphatic carbocycles. The second kappa shape index (κ2) is 6.96. The number of nitrogens with two attached hydrogens (primary N) is 1. The predicted molar refractivity (Wildman–Crippen MR) is 97.4 cm³/mol. The third kappa shape index (κ3) is 4.59. The van der Waals surface area contributed by atoms with E-state index in [2.05, 4.69) is 23.4 Å². The maximum Gasteiger partial charge on any atom is 0.170 e. The summed E-state index contributed by atoms with van der Waals surface area (Å²) < 4.78 is 19.6. The molecule has 0 atom stereocenters. The molecule has 0 unspecified atom stereocenters. The molecule has 2 rings (SSSR count). The Morgan fingerprint density at radius 1 is 1.36 bits per heavy atom. The van der Waals surface area contributed by atoms with Crippen LogP contribution in [-0.2, 0) is 0 Å². The van der Waals surface area contributed by atoms with E-state index in [0.29, 0.717) is 16.7 Å². The molecular formula is C20H21FN2O2. The quantitative estimate of drug-likeness (QED) is 0.662. The first-order chi connectivity index (χ1) is 11.6. The lowest BCUT2D eigenvalue weighted by atomic mass is 10.0. The first-order valence-electron chi connectivity index (χ1n) is 7.72. The molecule has 1 heterocycles. The molecule has 2 aromatic rings. The van der Waals surface area contributed by atoms with Crippen LogP contribution >= 0.6 is 0 Å². The van der Waals surface area contributed by atoms with Crippen molar-refractivity contribution in [2.75, 3.05) is 5.73 Å². The van der Waals surface area contributed by atoms with Crippen LogP contribution in [0.1, 0.15) is 36.1 Å². The number of aliphatic hydroxyl groups is 1. The van der Waals surface area contributed by atoms with Gasteiger partial charge in [-0.2, -0.15) is 0 Å². The van der Waals surface area contributed by atoms with Crippen molar-refractivity contribution >= 4 is 11.6 Å². The number of hydrogen-bond donors (Lipinski definition) is 2. The number of hydrogen-bond acceptors (Lipinski definition) is 4. The summed E-state index contributed by atoms with van der Waals surface area (Å²) in [7, 11) is 0. The van der Waals surface area contributed by atoms with E-state index in [9.17, 15) is 9.50 Å². The van der Waals surface area contributed by atoms with Crippen molar-refractivity contribution in [3.8, 4) is 17.6 Å². The number of nitrogens with zero attached hydrogens (tertiary/aromatic N) is 1. The average molecular weight is 340 g/mol. The highest BCUT2D eigenvalue weighted by molar-refractivity contribution is 5.67. The van der Waals surface area contributed by atoms with Crippen molar-refractivity contribution in [1.29, 1.82) is 0 Å². The number of benzene rings is 1. The molecule has 4 nitrogen and oxygen atoms in total. The van der Waals surface area contributed by atoms with E-state index in [4.69, 9.17) is 10.5 Å². The van der Waals surface area contributed by atoms with E-state index >= 15 is 0 Å². The number of aryl methyl sites for hydroxylation is 1. The molecule has 5 heteroatoms. The zero-order valence-corrected chi connectivity index (χ0v) is 14.8. The Labute approximate surface area is 147 Å². The Morgan fingerprint density at radius 2 is 2.04 bits per heavy atom. The maximum atomic E-state index is 13.8. The fraction of sp³-hybridized carbons (Fsp3) is 0.250. The molecule has 3 N–H and O–H groups in total. The van der Waals surface area contributed by atoms with Crippen LogP contribution < -0.4 is 10.5 Å². The molecule has 0 fully saturated rings. The standard InChI is InChI=1S/C20H21FN2O2/c1-12-6-7-16(21)13(2)18(12)14(3)25-17-10-15(11-23-19(17)22)8-9-20(4,5)24/h6-7,10-11,24H,3H2,1-2,4-5H3,(H2,22,23). The minimum absolute atomic E-state index is 0.168. The molecule has 0 spiro atoms. The number of anilines is 1. The minimum Gasteiger partial charge on any atom is -0.453 e. The first-order valence-corrected chi connectivity index (χ1v) is 7.72. The predicted octanol–water partition coefficient (Wildman–Crippen LogP) is 3.59. The van der Waals surface area contributed by atoms with Gasteiger partial charge in [0.15, 0.2) is 11.6 Å². The Bertz CT molecular complexity index is 887. The molecular weight excluding hydrogens is 319 g/mol. The van der Waals surface area contributed by atoms with Crippen LogP contribution in [0.4, 0.5) is 10.2 Å². The Balaban J connectivity index is 2.36. The highest BCUT2D eigenvalue weighted by Crippen LogP contribution is 2.29. The second-order valence-electron chi connectivity index (χ2n) is 6.31. The third-order valence-corrected chi connectivity index (χ3v) is 3.51. The van der Waals surface area contributed by atoms with Gasteiger partial charge in [-0.1, -0.05) is 24.5 Å². The molecule has 0 aliphatic rings.